The van der Waals surface area contributed by atoms with Crippen LogP contribution in [0.25, 0.3) is 5.70 Å². The Morgan fingerprint density at radius 1 is 1.12 bits per heavy atom. The molecule has 0 radical (unpaired) electrons. The average Bonchev–Trinajstić information content (AvgIpc) is 3.21. The van der Waals surface area contributed by atoms with Gasteiger partial charge in [-0.2, -0.15) is 0 Å². The van der Waals surface area contributed by atoms with E-state index in [1.807, 2.05) is 6.07 Å². The normalized spacial score (nSPS) is 16.4. The lowest BCUT2D eigenvalue weighted by Crippen LogP contribution is -2.28. The van der Waals surface area contributed by atoms with Gasteiger partial charge in [-0.25, -0.2) is 4.39 Å². The molecule has 0 aliphatic carbocycles. The molecule has 2 nitrogen and oxygen atoms in total. The number of hydrogen-bond donors (Lipinski definition) is 0. The van der Waals surface area contributed by atoms with Gasteiger partial charge in [0, 0.05) is 35.8 Å². The first kappa shape index (κ1) is 15.1. The van der Waals surface area contributed by atoms with Gasteiger partial charge in [0.05, 0.1) is 11.4 Å². The predicted octanol–water partition coefficient (Wildman–Crippen LogP) is 4.83. The minimum Gasteiger partial charge on any atom is -0.369 e. The zero-order chi connectivity index (χ0) is 16.7. The summed E-state index contributed by atoms with van der Waals surface area (Å²) in [6.45, 7) is 5.54. The molecular formula is C21H21FN2. The molecule has 2 aliphatic rings. The summed E-state index contributed by atoms with van der Waals surface area (Å²) in [6.07, 6.45) is 3.86. The summed E-state index contributed by atoms with van der Waals surface area (Å²) < 4.78 is 14.0. The second kappa shape index (κ2) is 5.90. The maximum atomic E-state index is 14.0. The molecule has 0 aromatic heterocycles. The Morgan fingerprint density at radius 3 is 2.75 bits per heavy atom. The van der Waals surface area contributed by atoms with Crippen LogP contribution in [0.3, 0.4) is 0 Å². The molecule has 0 spiro atoms. The van der Waals surface area contributed by atoms with Crippen molar-refractivity contribution < 1.29 is 4.39 Å². The second-order valence-electron chi connectivity index (χ2n) is 6.71. The van der Waals surface area contributed by atoms with Crippen molar-refractivity contribution in [2.24, 2.45) is 4.99 Å². The van der Waals surface area contributed by atoms with E-state index in [0.717, 1.165) is 29.9 Å². The minimum absolute atomic E-state index is 0.201. The van der Waals surface area contributed by atoms with Crippen LogP contribution >= 0.6 is 0 Å². The fourth-order valence-electron chi connectivity index (χ4n) is 3.60. The number of benzene rings is 2. The topological polar surface area (TPSA) is 15.6 Å². The molecule has 4 rings (SSSR count). The van der Waals surface area contributed by atoms with Crippen LogP contribution in [0.2, 0.25) is 0 Å². The molecule has 2 aromatic carbocycles. The minimum atomic E-state index is -0.201. The monoisotopic (exact) mass is 320 g/mol. The smallest absolute Gasteiger partial charge is 0.132 e. The molecule has 2 aliphatic heterocycles. The van der Waals surface area contributed by atoms with Crippen LogP contribution < -0.4 is 4.90 Å². The fraction of sp³-hybridized carbons (Fsp3) is 0.286. The number of rotatable bonds is 3. The lowest BCUT2D eigenvalue weighted by atomic mass is 10.1. The summed E-state index contributed by atoms with van der Waals surface area (Å²) in [5.41, 5.74) is 6.23. The van der Waals surface area contributed by atoms with Crippen LogP contribution in [0.4, 0.5) is 10.1 Å². The third-order valence-corrected chi connectivity index (χ3v) is 4.86. The third kappa shape index (κ3) is 2.54. The van der Waals surface area contributed by atoms with Crippen molar-refractivity contribution in [1.82, 2.24) is 0 Å². The van der Waals surface area contributed by atoms with Crippen LogP contribution in [-0.4, -0.2) is 18.3 Å². The number of fused-ring (bicyclic) bond motifs is 1. The van der Waals surface area contributed by atoms with Crippen molar-refractivity contribution in [3.8, 4) is 0 Å². The van der Waals surface area contributed by atoms with Crippen LogP contribution in [0.1, 0.15) is 37.0 Å². The predicted molar refractivity (Wildman–Crippen MR) is 98.2 cm³/mol. The Kier molecular flexibility index (Phi) is 3.72. The van der Waals surface area contributed by atoms with E-state index in [9.17, 15) is 4.39 Å². The summed E-state index contributed by atoms with van der Waals surface area (Å²) in [4.78, 5) is 7.13. The highest BCUT2D eigenvalue weighted by atomic mass is 19.1. The van der Waals surface area contributed by atoms with Crippen LogP contribution in [0, 0.1) is 5.82 Å². The highest BCUT2D eigenvalue weighted by molar-refractivity contribution is 6.07. The van der Waals surface area contributed by atoms with Gasteiger partial charge in [-0.15, -0.1) is 0 Å². The Bertz CT molecular complexity index is 849. The molecule has 0 fully saturated rings. The Morgan fingerprint density at radius 2 is 1.96 bits per heavy atom. The van der Waals surface area contributed by atoms with Gasteiger partial charge >= 0.3 is 0 Å². The molecule has 0 bridgehead atoms. The Hall–Kier alpha value is -2.42. The first-order valence-corrected chi connectivity index (χ1v) is 8.56. The van der Waals surface area contributed by atoms with Gasteiger partial charge in [0.15, 0.2) is 0 Å². The van der Waals surface area contributed by atoms with Crippen molar-refractivity contribution in [3.63, 3.8) is 0 Å². The van der Waals surface area contributed by atoms with E-state index in [1.54, 1.807) is 12.1 Å². The van der Waals surface area contributed by atoms with Crippen LogP contribution in [0.15, 0.2) is 53.5 Å². The van der Waals surface area contributed by atoms with Gasteiger partial charge in [0.1, 0.15) is 5.82 Å². The molecule has 3 heteroatoms. The van der Waals surface area contributed by atoms with E-state index in [0.29, 0.717) is 18.0 Å². The lowest BCUT2D eigenvalue weighted by Gasteiger charge is -2.24. The summed E-state index contributed by atoms with van der Waals surface area (Å²) >= 11 is 0. The number of nitrogens with zero attached hydrogens (tertiary/aromatic N) is 2. The molecule has 0 N–H and O–H groups in total. The quantitative estimate of drug-likeness (QED) is 0.791. The van der Waals surface area contributed by atoms with Crippen molar-refractivity contribution in [2.75, 3.05) is 11.4 Å². The molecule has 2 heterocycles. The zero-order valence-electron chi connectivity index (χ0n) is 14.1. The van der Waals surface area contributed by atoms with E-state index < -0.39 is 0 Å². The largest absolute Gasteiger partial charge is 0.369 e. The second-order valence-corrected chi connectivity index (χ2v) is 6.71. The van der Waals surface area contributed by atoms with Crippen molar-refractivity contribution >= 4 is 17.1 Å². The van der Waals surface area contributed by atoms with E-state index >= 15 is 0 Å². The fourth-order valence-corrected chi connectivity index (χ4v) is 3.60. The standard InChI is InChI=1S/C21H21FN2/c1-14(2)24-12-11-16-13-15(7-10-21(16)24)19-8-9-20(23-19)17-5-3-4-6-18(17)22/h3-8,10,13-14H,9,11-12H2,1-2H3. The lowest BCUT2D eigenvalue weighted by molar-refractivity contribution is 0.625. The molecule has 24 heavy (non-hydrogen) atoms. The maximum Gasteiger partial charge on any atom is 0.132 e. The maximum absolute atomic E-state index is 14.0. The highest BCUT2D eigenvalue weighted by Crippen LogP contribution is 2.34. The molecule has 0 saturated heterocycles. The van der Waals surface area contributed by atoms with Gasteiger partial charge in [0.25, 0.3) is 0 Å². The SMILES string of the molecule is CC(C)N1CCc2cc(C3=CCC(c4ccccc4F)=N3)ccc21. The molecule has 122 valence electrons. The van der Waals surface area contributed by atoms with Crippen LogP contribution in [0.5, 0.6) is 0 Å². The van der Waals surface area contributed by atoms with Gasteiger partial charge in [-0.1, -0.05) is 30.3 Å². The number of aliphatic imine (C=N–C) groups is 1. The van der Waals surface area contributed by atoms with Gasteiger partial charge in [-0.05, 0) is 44.0 Å². The van der Waals surface area contributed by atoms with Crippen molar-refractivity contribution in [1.29, 1.82) is 0 Å². The van der Waals surface area contributed by atoms with E-state index in [1.165, 1.54) is 17.3 Å². The van der Waals surface area contributed by atoms with Gasteiger partial charge in [0.2, 0.25) is 0 Å². The molecule has 0 unspecified atom stereocenters. The number of hydrogen-bond acceptors (Lipinski definition) is 2. The van der Waals surface area contributed by atoms with Crippen molar-refractivity contribution in [2.45, 2.75) is 32.7 Å². The zero-order valence-corrected chi connectivity index (χ0v) is 14.1. The van der Waals surface area contributed by atoms with Gasteiger partial charge < -0.3 is 4.90 Å². The molecular weight excluding hydrogens is 299 g/mol. The molecule has 0 saturated carbocycles. The van der Waals surface area contributed by atoms with E-state index in [2.05, 4.69) is 43.0 Å². The molecule has 0 atom stereocenters. The van der Waals surface area contributed by atoms with E-state index in [4.69, 9.17) is 4.99 Å². The Balaban J connectivity index is 1.63. The molecule has 0 amide bonds. The molecule has 2 aromatic rings. The van der Waals surface area contributed by atoms with Gasteiger partial charge in [-0.3, -0.25) is 4.99 Å². The first-order chi connectivity index (χ1) is 11.6. The number of halogens is 1. The van der Waals surface area contributed by atoms with E-state index in [-0.39, 0.29) is 5.82 Å². The number of allylic oxidation sites excluding steroid dienone is 1. The number of anilines is 1. The Labute approximate surface area is 142 Å². The summed E-state index contributed by atoms with van der Waals surface area (Å²) in [5, 5.41) is 0. The summed E-state index contributed by atoms with van der Waals surface area (Å²) in [6, 6.07) is 14.0. The first-order valence-electron chi connectivity index (χ1n) is 8.56. The average molecular weight is 320 g/mol. The summed E-state index contributed by atoms with van der Waals surface area (Å²) in [5.74, 6) is -0.201. The van der Waals surface area contributed by atoms with Crippen LogP contribution in [-0.2, 0) is 6.42 Å². The highest BCUT2D eigenvalue weighted by Gasteiger charge is 2.22. The third-order valence-electron chi connectivity index (χ3n) is 4.86. The summed E-state index contributed by atoms with van der Waals surface area (Å²) in [7, 11) is 0. The van der Waals surface area contributed by atoms with Crippen molar-refractivity contribution in [3.05, 3.63) is 71.0 Å².